The summed E-state index contributed by atoms with van der Waals surface area (Å²) in [6.45, 7) is 11.1. The number of carbonyl (C=O) groups is 5. The number of unbranched alkanes of at least 4 members (excludes halogenated alkanes) is 1. The Balaban J connectivity index is 0.845. The first kappa shape index (κ1) is 40.5. The van der Waals surface area contributed by atoms with Crippen LogP contribution in [0.3, 0.4) is 0 Å². The van der Waals surface area contributed by atoms with Gasteiger partial charge in [0.15, 0.2) is 6.10 Å². The summed E-state index contributed by atoms with van der Waals surface area (Å²) >= 11 is 0. The number of carbonyl (C=O) groups excluding carboxylic acids is 5. The van der Waals surface area contributed by atoms with E-state index in [1.54, 1.807) is 24.3 Å². The van der Waals surface area contributed by atoms with Gasteiger partial charge in [-0.1, -0.05) is 38.1 Å². The maximum atomic E-state index is 13.1. The molecular weight excluding hydrogens is 757 g/mol. The van der Waals surface area contributed by atoms with Gasteiger partial charge in [0.1, 0.15) is 12.1 Å². The van der Waals surface area contributed by atoms with Crippen LogP contribution in [0.15, 0.2) is 65.6 Å². The summed E-state index contributed by atoms with van der Waals surface area (Å²) in [5.74, 6) is -0.469. The number of rotatable bonds is 13. The summed E-state index contributed by atoms with van der Waals surface area (Å²) in [6, 6.07) is 14.6. The average Bonchev–Trinajstić information content (AvgIpc) is 3.91. The molecule has 7 rings (SSSR count). The molecule has 0 saturated carbocycles. The van der Waals surface area contributed by atoms with E-state index < -0.39 is 17.9 Å². The Morgan fingerprint density at radius 2 is 1.75 bits per heavy atom. The lowest BCUT2D eigenvalue weighted by molar-refractivity contribution is -0.139. The van der Waals surface area contributed by atoms with Crippen molar-refractivity contribution >= 4 is 40.7 Å². The molecule has 17 nitrogen and oxygen atoms in total. The molecule has 3 aromatic heterocycles. The lowest BCUT2D eigenvalue weighted by Gasteiger charge is -2.35. The fourth-order valence-electron chi connectivity index (χ4n) is 6.94. The van der Waals surface area contributed by atoms with Crippen LogP contribution in [0, 0.1) is 6.92 Å². The third-order valence-electron chi connectivity index (χ3n) is 10.4. The zero-order valence-electron chi connectivity index (χ0n) is 33.6. The van der Waals surface area contributed by atoms with Gasteiger partial charge >= 0.3 is 0 Å². The van der Waals surface area contributed by atoms with Crippen molar-refractivity contribution in [1.82, 2.24) is 45.6 Å². The maximum absolute atomic E-state index is 13.1. The number of hydrogen-bond donors (Lipinski definition) is 3. The predicted octanol–water partition coefficient (Wildman–Crippen LogP) is 3.75. The SMILES string of the molecule is Cc1cc(-c2ncnn3cc(N4CCN(C(=O)CCCCNC(=O)c5ccc(OC6CCC(=O)NC6=O)cc5)CC4)cc23)ccc1CNC(=O)c1noc(C(C)(C)C)n1. The van der Waals surface area contributed by atoms with E-state index in [1.807, 2.05) is 61.5 Å². The van der Waals surface area contributed by atoms with Crippen molar-refractivity contribution in [3.05, 3.63) is 89.5 Å². The molecule has 2 aromatic carbocycles. The minimum atomic E-state index is -0.741. The number of aryl methyl sites for hydroxylation is 1. The second-order valence-corrected chi connectivity index (χ2v) is 15.8. The zero-order valence-corrected chi connectivity index (χ0v) is 33.6. The molecule has 3 N–H and O–H groups in total. The highest BCUT2D eigenvalue weighted by Gasteiger charge is 2.29. The van der Waals surface area contributed by atoms with Gasteiger partial charge in [-0.25, -0.2) is 9.50 Å². The molecule has 0 bridgehead atoms. The van der Waals surface area contributed by atoms with E-state index in [4.69, 9.17) is 9.26 Å². The third kappa shape index (κ3) is 9.73. The lowest BCUT2D eigenvalue weighted by Crippen LogP contribution is -2.48. The molecule has 2 saturated heterocycles. The van der Waals surface area contributed by atoms with E-state index >= 15 is 0 Å². The van der Waals surface area contributed by atoms with Crippen LogP contribution in [-0.2, 0) is 26.3 Å². The van der Waals surface area contributed by atoms with Gasteiger partial charge in [-0.05, 0) is 67.3 Å². The molecule has 2 fully saturated rings. The number of ether oxygens (including phenoxy) is 1. The first-order chi connectivity index (χ1) is 28.3. The fraction of sp³-hybridized carbons (Fsp3) is 0.405. The molecule has 59 heavy (non-hydrogen) atoms. The molecule has 2 aliphatic heterocycles. The van der Waals surface area contributed by atoms with Crippen molar-refractivity contribution in [3.8, 4) is 17.0 Å². The van der Waals surface area contributed by atoms with E-state index in [9.17, 15) is 24.0 Å². The quantitative estimate of drug-likeness (QED) is 0.115. The number of benzene rings is 2. The normalized spacial score (nSPS) is 15.9. The Hall–Kier alpha value is -6.65. The average molecular weight is 805 g/mol. The van der Waals surface area contributed by atoms with Gasteiger partial charge in [-0.2, -0.15) is 10.1 Å². The Labute approximate surface area is 340 Å². The number of hydrogen-bond acceptors (Lipinski definition) is 12. The zero-order chi connectivity index (χ0) is 41.7. The lowest BCUT2D eigenvalue weighted by atomic mass is 9.97. The van der Waals surface area contributed by atoms with Gasteiger partial charge in [0.25, 0.3) is 23.5 Å². The number of anilines is 1. The first-order valence-electron chi connectivity index (χ1n) is 19.8. The number of nitrogens with zero attached hydrogens (tertiary/aromatic N) is 7. The van der Waals surface area contributed by atoms with E-state index in [1.165, 1.54) is 6.33 Å². The van der Waals surface area contributed by atoms with Crippen LogP contribution in [0.1, 0.15) is 90.9 Å². The van der Waals surface area contributed by atoms with E-state index in [0.29, 0.717) is 82.2 Å². The van der Waals surface area contributed by atoms with Gasteiger partial charge in [0, 0.05) is 75.1 Å². The van der Waals surface area contributed by atoms with Crippen molar-refractivity contribution in [3.63, 3.8) is 0 Å². The van der Waals surface area contributed by atoms with Crippen molar-refractivity contribution < 1.29 is 33.2 Å². The van der Waals surface area contributed by atoms with Crippen LogP contribution in [0.5, 0.6) is 5.75 Å². The molecule has 308 valence electrons. The van der Waals surface area contributed by atoms with Crippen molar-refractivity contribution in [2.24, 2.45) is 0 Å². The van der Waals surface area contributed by atoms with Crippen molar-refractivity contribution in [2.45, 2.75) is 77.9 Å². The Morgan fingerprint density at radius 3 is 2.46 bits per heavy atom. The molecule has 1 unspecified atom stereocenters. The largest absolute Gasteiger partial charge is 0.481 e. The summed E-state index contributed by atoms with van der Waals surface area (Å²) in [7, 11) is 0. The minimum Gasteiger partial charge on any atom is -0.481 e. The highest BCUT2D eigenvalue weighted by Crippen LogP contribution is 2.29. The topological polar surface area (TPSA) is 206 Å². The predicted molar refractivity (Wildman–Crippen MR) is 216 cm³/mol. The molecule has 5 aromatic rings. The second kappa shape index (κ2) is 17.5. The number of imide groups is 1. The smallest absolute Gasteiger partial charge is 0.292 e. The number of aromatic nitrogens is 5. The molecule has 5 heterocycles. The van der Waals surface area contributed by atoms with Crippen molar-refractivity contribution in [1.29, 1.82) is 0 Å². The maximum Gasteiger partial charge on any atom is 0.292 e. The van der Waals surface area contributed by atoms with Gasteiger partial charge in [0.05, 0.1) is 23.1 Å². The van der Waals surface area contributed by atoms with Gasteiger partial charge in [0.2, 0.25) is 17.7 Å². The summed E-state index contributed by atoms with van der Waals surface area (Å²) < 4.78 is 12.8. The summed E-state index contributed by atoms with van der Waals surface area (Å²) in [4.78, 5) is 74.7. The van der Waals surface area contributed by atoms with Crippen LogP contribution in [0.25, 0.3) is 16.8 Å². The second-order valence-electron chi connectivity index (χ2n) is 15.8. The molecule has 0 radical (unpaired) electrons. The Morgan fingerprint density at radius 1 is 0.966 bits per heavy atom. The van der Waals surface area contributed by atoms with Gasteiger partial charge < -0.3 is 29.7 Å². The number of amides is 5. The molecule has 2 aliphatic rings. The molecule has 1 atom stereocenters. The number of nitrogens with one attached hydrogen (secondary N) is 3. The monoisotopic (exact) mass is 804 g/mol. The van der Waals surface area contributed by atoms with Crippen LogP contribution >= 0.6 is 0 Å². The van der Waals surface area contributed by atoms with E-state index in [-0.39, 0.29) is 35.4 Å². The van der Waals surface area contributed by atoms with E-state index in [0.717, 1.165) is 33.6 Å². The Kier molecular flexibility index (Phi) is 12.0. The van der Waals surface area contributed by atoms with Gasteiger partial charge in [-0.3, -0.25) is 29.3 Å². The van der Waals surface area contributed by atoms with Crippen LogP contribution in [0.2, 0.25) is 0 Å². The van der Waals surface area contributed by atoms with Crippen LogP contribution < -0.4 is 25.6 Å². The fourth-order valence-corrected chi connectivity index (χ4v) is 6.94. The minimum absolute atomic E-state index is 0.00402. The number of fused-ring (bicyclic) bond motifs is 1. The van der Waals surface area contributed by atoms with Gasteiger partial charge in [-0.15, -0.1) is 0 Å². The van der Waals surface area contributed by atoms with E-state index in [2.05, 4.69) is 47.1 Å². The first-order valence-corrected chi connectivity index (χ1v) is 19.8. The third-order valence-corrected chi connectivity index (χ3v) is 10.4. The van der Waals surface area contributed by atoms with Crippen LogP contribution in [-0.4, -0.2) is 98.0 Å². The highest BCUT2D eigenvalue weighted by atomic mass is 16.5. The number of piperazine rings is 1. The molecule has 0 aliphatic carbocycles. The Bertz CT molecular complexity index is 2360. The standard InChI is InChI=1S/C42H48N10O7/c1-26-21-28(8-9-29(26)23-44-40(57)37-48-41(59-49-37)42(2,3)4)36-32-22-30(24-52(32)46-25-45-36)50-17-19-51(20-18-50)35(54)7-5-6-16-43-38(55)27-10-12-31(13-11-27)58-33-14-15-34(53)47-39(33)56/h8-13,21-22,24-25,33H,5-7,14-20,23H2,1-4H3,(H,43,55)(H,44,57)(H,47,53,56). The molecule has 5 amide bonds. The van der Waals surface area contributed by atoms with Crippen molar-refractivity contribution in [2.75, 3.05) is 37.6 Å². The number of piperidine rings is 1. The summed E-state index contributed by atoms with van der Waals surface area (Å²) in [6.07, 6.45) is 5.02. The summed E-state index contributed by atoms with van der Waals surface area (Å²) in [5, 5.41) is 16.3. The molecular formula is C42H48N10O7. The van der Waals surface area contributed by atoms with Crippen LogP contribution in [0.4, 0.5) is 5.69 Å². The molecule has 17 heteroatoms. The highest BCUT2D eigenvalue weighted by molar-refractivity contribution is 6.00. The molecule has 0 spiro atoms. The summed E-state index contributed by atoms with van der Waals surface area (Å²) in [5.41, 5.74) is 5.60.